The van der Waals surface area contributed by atoms with Crippen LogP contribution in [0.25, 0.3) is 0 Å². The molecule has 104 valence electrons. The van der Waals surface area contributed by atoms with Crippen molar-refractivity contribution in [2.24, 2.45) is 0 Å². The molecule has 1 heterocycles. The lowest BCUT2D eigenvalue weighted by molar-refractivity contribution is -0.115. The summed E-state index contributed by atoms with van der Waals surface area (Å²) >= 11 is 0. The minimum absolute atomic E-state index is 0.128. The van der Waals surface area contributed by atoms with Gasteiger partial charge in [-0.15, -0.1) is 0 Å². The summed E-state index contributed by atoms with van der Waals surface area (Å²) in [5.41, 5.74) is 1.49. The third-order valence-electron chi connectivity index (χ3n) is 2.53. The molecular weight excluding hydrogens is 258 g/mol. The molecule has 1 aromatic heterocycles. The van der Waals surface area contributed by atoms with E-state index in [0.29, 0.717) is 11.5 Å². The van der Waals surface area contributed by atoms with Crippen LogP contribution >= 0.6 is 0 Å². The number of aromatic nitrogens is 2. The Morgan fingerprint density at radius 1 is 1.20 bits per heavy atom. The number of aromatic amines is 1. The standard InChI is InChI=1S/C13H15N5O2/c1-9-7-15-18-12(9)17-11(19)8-14-13(20)16-10-5-3-2-4-6-10/h2-7H,8H2,1H3,(H2,14,16,20)(H2,15,17,18,19). The Kier molecular flexibility index (Phi) is 4.33. The van der Waals surface area contributed by atoms with Crippen molar-refractivity contribution in [2.75, 3.05) is 17.2 Å². The van der Waals surface area contributed by atoms with E-state index in [1.807, 2.05) is 25.1 Å². The van der Waals surface area contributed by atoms with Gasteiger partial charge in [-0.1, -0.05) is 18.2 Å². The van der Waals surface area contributed by atoms with Gasteiger partial charge in [0.25, 0.3) is 0 Å². The maximum Gasteiger partial charge on any atom is 0.319 e. The minimum atomic E-state index is -0.437. The van der Waals surface area contributed by atoms with Crippen molar-refractivity contribution in [1.82, 2.24) is 15.5 Å². The minimum Gasteiger partial charge on any atom is -0.329 e. The van der Waals surface area contributed by atoms with Crippen LogP contribution in [-0.2, 0) is 4.79 Å². The SMILES string of the molecule is Cc1cn[nH]c1NC(=O)CNC(=O)Nc1ccccc1. The number of carbonyl (C=O) groups excluding carboxylic acids is 2. The molecule has 1 aromatic carbocycles. The van der Waals surface area contributed by atoms with Crippen molar-refractivity contribution in [2.45, 2.75) is 6.92 Å². The zero-order chi connectivity index (χ0) is 14.4. The Balaban J connectivity index is 1.76. The number of para-hydroxylation sites is 1. The van der Waals surface area contributed by atoms with Crippen molar-refractivity contribution in [3.63, 3.8) is 0 Å². The molecule has 0 spiro atoms. The van der Waals surface area contributed by atoms with E-state index in [2.05, 4.69) is 26.1 Å². The highest BCUT2D eigenvalue weighted by atomic mass is 16.2. The van der Waals surface area contributed by atoms with Crippen LogP contribution in [0.2, 0.25) is 0 Å². The first-order valence-corrected chi connectivity index (χ1v) is 6.05. The summed E-state index contributed by atoms with van der Waals surface area (Å²) in [6.07, 6.45) is 1.60. The van der Waals surface area contributed by atoms with Crippen LogP contribution in [-0.4, -0.2) is 28.7 Å². The third kappa shape index (κ3) is 3.84. The summed E-state index contributed by atoms with van der Waals surface area (Å²) in [5.74, 6) is 0.195. The average Bonchev–Trinajstić information content (AvgIpc) is 2.83. The highest BCUT2D eigenvalue weighted by molar-refractivity contribution is 5.96. The molecule has 2 rings (SSSR count). The molecule has 0 saturated heterocycles. The Labute approximate surface area is 115 Å². The van der Waals surface area contributed by atoms with Gasteiger partial charge in [-0.25, -0.2) is 4.79 Å². The molecule has 0 saturated carbocycles. The predicted octanol–water partition coefficient (Wildman–Crippen LogP) is 1.48. The lowest BCUT2D eigenvalue weighted by Crippen LogP contribution is -2.35. The molecule has 0 radical (unpaired) electrons. The van der Waals surface area contributed by atoms with E-state index in [4.69, 9.17) is 0 Å². The highest BCUT2D eigenvalue weighted by Crippen LogP contribution is 2.07. The topological polar surface area (TPSA) is 98.9 Å². The number of benzene rings is 1. The van der Waals surface area contributed by atoms with E-state index >= 15 is 0 Å². The van der Waals surface area contributed by atoms with Crippen LogP contribution in [0.3, 0.4) is 0 Å². The van der Waals surface area contributed by atoms with Crippen LogP contribution in [0.5, 0.6) is 0 Å². The Morgan fingerprint density at radius 3 is 2.60 bits per heavy atom. The average molecular weight is 273 g/mol. The van der Waals surface area contributed by atoms with Gasteiger partial charge in [-0.2, -0.15) is 5.10 Å². The number of rotatable bonds is 4. The van der Waals surface area contributed by atoms with E-state index in [9.17, 15) is 9.59 Å². The smallest absolute Gasteiger partial charge is 0.319 e. The zero-order valence-electron chi connectivity index (χ0n) is 10.9. The van der Waals surface area contributed by atoms with Crippen molar-refractivity contribution in [1.29, 1.82) is 0 Å². The first-order valence-electron chi connectivity index (χ1n) is 6.05. The van der Waals surface area contributed by atoms with Crippen molar-refractivity contribution in [3.8, 4) is 0 Å². The largest absolute Gasteiger partial charge is 0.329 e. The summed E-state index contributed by atoms with van der Waals surface area (Å²) in [5, 5.41) is 14.1. The molecule has 0 aliphatic carbocycles. The maximum absolute atomic E-state index is 11.6. The van der Waals surface area contributed by atoms with E-state index in [0.717, 1.165) is 5.56 Å². The summed E-state index contributed by atoms with van der Waals surface area (Å²) < 4.78 is 0. The van der Waals surface area contributed by atoms with Crippen LogP contribution < -0.4 is 16.0 Å². The number of hydrogen-bond acceptors (Lipinski definition) is 3. The lowest BCUT2D eigenvalue weighted by atomic mass is 10.3. The van der Waals surface area contributed by atoms with Gasteiger partial charge < -0.3 is 16.0 Å². The Bertz CT molecular complexity index is 594. The van der Waals surface area contributed by atoms with Crippen LogP contribution in [0.15, 0.2) is 36.5 Å². The van der Waals surface area contributed by atoms with Gasteiger partial charge >= 0.3 is 6.03 Å². The first kappa shape index (κ1) is 13.6. The predicted molar refractivity (Wildman–Crippen MR) is 75.4 cm³/mol. The quantitative estimate of drug-likeness (QED) is 0.679. The van der Waals surface area contributed by atoms with Gasteiger partial charge in [0.15, 0.2) is 0 Å². The first-order chi connectivity index (χ1) is 9.65. The monoisotopic (exact) mass is 273 g/mol. The van der Waals surface area contributed by atoms with Gasteiger partial charge in [0.05, 0.1) is 12.7 Å². The van der Waals surface area contributed by atoms with E-state index < -0.39 is 6.03 Å². The molecule has 0 aliphatic heterocycles. The third-order valence-corrected chi connectivity index (χ3v) is 2.53. The second kappa shape index (κ2) is 6.37. The molecule has 3 amide bonds. The molecule has 7 nitrogen and oxygen atoms in total. The summed E-state index contributed by atoms with van der Waals surface area (Å²) in [6.45, 7) is 1.69. The second-order valence-corrected chi connectivity index (χ2v) is 4.15. The Hall–Kier alpha value is -2.83. The van der Waals surface area contributed by atoms with Gasteiger partial charge in [0.1, 0.15) is 5.82 Å². The molecule has 4 N–H and O–H groups in total. The van der Waals surface area contributed by atoms with Crippen LogP contribution in [0.4, 0.5) is 16.3 Å². The van der Waals surface area contributed by atoms with E-state index in [1.54, 1.807) is 18.3 Å². The van der Waals surface area contributed by atoms with E-state index in [1.165, 1.54) is 0 Å². The molecule has 0 fully saturated rings. The highest BCUT2D eigenvalue weighted by Gasteiger charge is 2.08. The van der Waals surface area contributed by atoms with Crippen LogP contribution in [0.1, 0.15) is 5.56 Å². The number of nitrogens with one attached hydrogen (secondary N) is 4. The van der Waals surface area contributed by atoms with Crippen molar-refractivity contribution >= 4 is 23.4 Å². The van der Waals surface area contributed by atoms with Gasteiger partial charge in [0, 0.05) is 11.3 Å². The van der Waals surface area contributed by atoms with Crippen LogP contribution in [0, 0.1) is 6.92 Å². The number of anilines is 2. The van der Waals surface area contributed by atoms with Gasteiger partial charge in [-0.3, -0.25) is 9.89 Å². The van der Waals surface area contributed by atoms with Gasteiger partial charge in [-0.05, 0) is 19.1 Å². The lowest BCUT2D eigenvalue weighted by Gasteiger charge is -2.07. The normalized spacial score (nSPS) is 9.85. The fraction of sp³-hybridized carbons (Fsp3) is 0.154. The number of urea groups is 1. The number of carbonyl (C=O) groups is 2. The fourth-order valence-corrected chi connectivity index (χ4v) is 1.51. The summed E-state index contributed by atoms with van der Waals surface area (Å²) in [7, 11) is 0. The zero-order valence-corrected chi connectivity index (χ0v) is 10.9. The number of H-pyrrole nitrogens is 1. The van der Waals surface area contributed by atoms with Gasteiger partial charge in [0.2, 0.25) is 5.91 Å². The van der Waals surface area contributed by atoms with Crippen molar-refractivity contribution < 1.29 is 9.59 Å². The van der Waals surface area contributed by atoms with E-state index in [-0.39, 0.29) is 12.5 Å². The number of aryl methyl sites for hydroxylation is 1. The molecule has 2 aromatic rings. The van der Waals surface area contributed by atoms with Crippen molar-refractivity contribution in [3.05, 3.63) is 42.1 Å². The molecule has 7 heteroatoms. The fourth-order valence-electron chi connectivity index (χ4n) is 1.51. The Morgan fingerprint density at radius 2 is 1.95 bits per heavy atom. The summed E-state index contributed by atoms with van der Waals surface area (Å²) in [6, 6.07) is 8.55. The molecule has 0 aliphatic rings. The molecule has 0 bridgehead atoms. The summed E-state index contributed by atoms with van der Waals surface area (Å²) in [4.78, 5) is 23.2. The molecule has 0 atom stereocenters. The number of hydrogen-bond donors (Lipinski definition) is 4. The molecule has 0 unspecified atom stereocenters. The second-order valence-electron chi connectivity index (χ2n) is 4.15. The molecule has 20 heavy (non-hydrogen) atoms. The molecular formula is C13H15N5O2. The number of nitrogens with zero attached hydrogens (tertiary/aromatic N) is 1. The maximum atomic E-state index is 11.6. The number of amides is 3.